The molecule has 0 aromatic heterocycles. The van der Waals surface area contributed by atoms with Crippen molar-refractivity contribution >= 4 is 29.5 Å². The van der Waals surface area contributed by atoms with E-state index in [9.17, 15) is 24.0 Å². The van der Waals surface area contributed by atoms with Gasteiger partial charge in [-0.25, -0.2) is 0 Å². The summed E-state index contributed by atoms with van der Waals surface area (Å²) in [7, 11) is 0. The van der Waals surface area contributed by atoms with E-state index in [2.05, 4.69) is 16.6 Å². The quantitative estimate of drug-likeness (QED) is 0.392. The van der Waals surface area contributed by atoms with Crippen LogP contribution in [0.15, 0.2) is 18.2 Å². The lowest BCUT2D eigenvalue weighted by atomic mass is 10.0. The van der Waals surface area contributed by atoms with Gasteiger partial charge in [0.1, 0.15) is 11.8 Å². The van der Waals surface area contributed by atoms with Crippen LogP contribution >= 0.6 is 0 Å². The summed E-state index contributed by atoms with van der Waals surface area (Å²) in [4.78, 5) is 61.5. The minimum Gasteiger partial charge on any atom is -0.483 e. The van der Waals surface area contributed by atoms with Crippen molar-refractivity contribution in [2.24, 2.45) is 0 Å². The smallest absolute Gasteiger partial charge is 0.266 e. The summed E-state index contributed by atoms with van der Waals surface area (Å²) >= 11 is 0. The monoisotopic (exact) mass is 383 g/mol. The summed E-state index contributed by atoms with van der Waals surface area (Å²) in [6.07, 6.45) is 5.58. The fraction of sp³-hybridized carbons (Fsp3) is 0.316. The number of fused-ring (bicyclic) bond motifs is 1. The molecule has 1 aromatic carbocycles. The van der Waals surface area contributed by atoms with Crippen LogP contribution in [0.3, 0.4) is 0 Å². The molecule has 0 spiro atoms. The summed E-state index contributed by atoms with van der Waals surface area (Å²) in [5, 5.41) is 4.69. The first-order chi connectivity index (χ1) is 13.4. The Bertz CT molecular complexity index is 917. The highest BCUT2D eigenvalue weighted by molar-refractivity contribution is 6.24. The fourth-order valence-corrected chi connectivity index (χ4v) is 3.07. The largest absolute Gasteiger partial charge is 0.483 e. The molecular formula is C19H17N3O6. The lowest BCUT2D eigenvalue weighted by Gasteiger charge is -2.27. The maximum Gasteiger partial charge on any atom is 0.266 e. The van der Waals surface area contributed by atoms with Gasteiger partial charge in [-0.3, -0.25) is 34.2 Å². The van der Waals surface area contributed by atoms with Crippen LogP contribution in [0, 0.1) is 12.3 Å². The first kappa shape index (κ1) is 19.1. The number of nitrogens with one attached hydrogen (secondary N) is 2. The molecule has 0 bridgehead atoms. The molecule has 0 saturated carbocycles. The molecule has 2 aliphatic heterocycles. The predicted molar refractivity (Wildman–Crippen MR) is 95.1 cm³/mol. The van der Waals surface area contributed by atoms with Gasteiger partial charge in [-0.15, -0.1) is 12.3 Å². The fourth-order valence-electron chi connectivity index (χ4n) is 3.07. The number of rotatable bonds is 6. The van der Waals surface area contributed by atoms with Gasteiger partial charge >= 0.3 is 0 Å². The highest BCUT2D eigenvalue weighted by Crippen LogP contribution is 2.33. The topological polar surface area (TPSA) is 122 Å². The Hall–Kier alpha value is -3.67. The van der Waals surface area contributed by atoms with Gasteiger partial charge in [-0.1, -0.05) is 6.07 Å². The van der Waals surface area contributed by atoms with Crippen LogP contribution in [0.2, 0.25) is 0 Å². The number of terminal acetylenes is 1. The molecule has 2 heterocycles. The van der Waals surface area contributed by atoms with Crippen molar-refractivity contribution in [2.45, 2.75) is 25.3 Å². The number of carbonyl (C=O) groups excluding carboxylic acids is 5. The number of piperidine rings is 1. The molecule has 2 aliphatic rings. The second-order valence-corrected chi connectivity index (χ2v) is 6.22. The normalized spacial score (nSPS) is 18.4. The number of amides is 5. The third kappa shape index (κ3) is 3.57. The van der Waals surface area contributed by atoms with Crippen molar-refractivity contribution < 1.29 is 28.7 Å². The van der Waals surface area contributed by atoms with Crippen molar-refractivity contribution in [3.8, 4) is 18.1 Å². The van der Waals surface area contributed by atoms with E-state index in [4.69, 9.17) is 11.2 Å². The van der Waals surface area contributed by atoms with Crippen LogP contribution < -0.4 is 15.4 Å². The molecule has 9 nitrogen and oxygen atoms in total. The van der Waals surface area contributed by atoms with E-state index in [1.165, 1.54) is 18.2 Å². The second kappa shape index (κ2) is 7.92. The molecular weight excluding hydrogens is 366 g/mol. The standard InChI is InChI=1S/C19H17N3O6/c1-2-3-9-20-15(24)10-28-13-6-4-5-11-16(13)19(27)22(18(11)26)12-7-8-14(23)21-17(12)25/h1,4-6,12H,3,7-10H2,(H,20,24)(H,21,23,25). The summed E-state index contributed by atoms with van der Waals surface area (Å²) in [6, 6.07) is 3.36. The van der Waals surface area contributed by atoms with Gasteiger partial charge in [0, 0.05) is 19.4 Å². The minimum atomic E-state index is -1.06. The summed E-state index contributed by atoms with van der Waals surface area (Å²) in [6.45, 7) is -0.0623. The van der Waals surface area contributed by atoms with E-state index in [1.807, 2.05) is 0 Å². The van der Waals surface area contributed by atoms with Gasteiger partial charge in [0.05, 0.1) is 11.1 Å². The SMILES string of the molecule is C#CCCNC(=O)COc1cccc2c1C(=O)N(C1CCC(=O)NC1=O)C2=O. The highest BCUT2D eigenvalue weighted by Gasteiger charge is 2.46. The van der Waals surface area contributed by atoms with Gasteiger partial charge < -0.3 is 10.1 Å². The molecule has 0 aliphatic carbocycles. The first-order valence-corrected chi connectivity index (χ1v) is 8.61. The van der Waals surface area contributed by atoms with Gasteiger partial charge in [0.2, 0.25) is 11.8 Å². The van der Waals surface area contributed by atoms with Crippen molar-refractivity contribution in [1.29, 1.82) is 0 Å². The van der Waals surface area contributed by atoms with E-state index in [0.29, 0.717) is 13.0 Å². The molecule has 1 unspecified atom stereocenters. The molecule has 1 atom stereocenters. The number of hydrogen-bond donors (Lipinski definition) is 2. The molecule has 28 heavy (non-hydrogen) atoms. The first-order valence-electron chi connectivity index (χ1n) is 8.61. The van der Waals surface area contributed by atoms with Crippen molar-refractivity contribution in [3.63, 3.8) is 0 Å². The van der Waals surface area contributed by atoms with E-state index in [1.54, 1.807) is 0 Å². The average Bonchev–Trinajstić information content (AvgIpc) is 2.92. The molecule has 9 heteroatoms. The zero-order valence-electron chi connectivity index (χ0n) is 14.8. The lowest BCUT2D eigenvalue weighted by Crippen LogP contribution is -2.54. The van der Waals surface area contributed by atoms with Gasteiger partial charge in [-0.05, 0) is 18.6 Å². The molecule has 3 rings (SSSR count). The average molecular weight is 383 g/mol. The Morgan fingerprint density at radius 1 is 1.29 bits per heavy atom. The Kier molecular flexibility index (Phi) is 5.40. The molecule has 1 fully saturated rings. The third-order valence-corrected chi connectivity index (χ3v) is 4.38. The second-order valence-electron chi connectivity index (χ2n) is 6.22. The summed E-state index contributed by atoms with van der Waals surface area (Å²) < 4.78 is 5.42. The Morgan fingerprint density at radius 3 is 2.79 bits per heavy atom. The van der Waals surface area contributed by atoms with E-state index < -0.39 is 35.6 Å². The number of ether oxygens (including phenoxy) is 1. The Balaban J connectivity index is 1.77. The van der Waals surface area contributed by atoms with Crippen molar-refractivity contribution in [1.82, 2.24) is 15.5 Å². The van der Waals surface area contributed by atoms with Crippen LogP contribution in [0.4, 0.5) is 0 Å². The van der Waals surface area contributed by atoms with Crippen molar-refractivity contribution in [2.75, 3.05) is 13.2 Å². The van der Waals surface area contributed by atoms with Crippen LogP contribution in [0.1, 0.15) is 40.0 Å². The van der Waals surface area contributed by atoms with Crippen LogP contribution in [0.5, 0.6) is 5.75 Å². The molecule has 1 aromatic rings. The van der Waals surface area contributed by atoms with Gasteiger partial charge in [0.25, 0.3) is 17.7 Å². The maximum absolute atomic E-state index is 12.8. The number of nitrogens with zero attached hydrogens (tertiary/aromatic N) is 1. The van der Waals surface area contributed by atoms with Crippen LogP contribution in [-0.2, 0) is 14.4 Å². The number of imide groups is 2. The molecule has 0 radical (unpaired) electrons. The number of hydrogen-bond acceptors (Lipinski definition) is 6. The maximum atomic E-state index is 12.8. The van der Waals surface area contributed by atoms with Gasteiger partial charge in [0.15, 0.2) is 6.61 Å². The van der Waals surface area contributed by atoms with E-state index in [-0.39, 0.29) is 36.3 Å². The van der Waals surface area contributed by atoms with E-state index in [0.717, 1.165) is 4.90 Å². The summed E-state index contributed by atoms with van der Waals surface area (Å²) in [5.74, 6) is -0.447. The number of carbonyl (C=O) groups is 5. The van der Waals surface area contributed by atoms with Gasteiger partial charge in [-0.2, -0.15) is 0 Å². The highest BCUT2D eigenvalue weighted by atomic mass is 16.5. The zero-order valence-corrected chi connectivity index (χ0v) is 14.8. The minimum absolute atomic E-state index is 0.00590. The van der Waals surface area contributed by atoms with Crippen molar-refractivity contribution in [3.05, 3.63) is 29.3 Å². The Morgan fingerprint density at radius 2 is 2.07 bits per heavy atom. The third-order valence-electron chi connectivity index (χ3n) is 4.38. The molecule has 1 saturated heterocycles. The predicted octanol–water partition coefficient (Wildman–Crippen LogP) is -0.394. The van der Waals surface area contributed by atoms with Crippen LogP contribution in [-0.4, -0.2) is 53.6 Å². The van der Waals surface area contributed by atoms with E-state index >= 15 is 0 Å². The lowest BCUT2D eigenvalue weighted by molar-refractivity contribution is -0.136. The summed E-state index contributed by atoms with van der Waals surface area (Å²) in [5.41, 5.74) is 0.0774. The molecule has 2 N–H and O–H groups in total. The number of benzene rings is 1. The molecule has 144 valence electrons. The molecule has 5 amide bonds. The zero-order chi connectivity index (χ0) is 20.3. The Labute approximate surface area is 160 Å². The van der Waals surface area contributed by atoms with Crippen LogP contribution in [0.25, 0.3) is 0 Å².